The third-order valence-electron chi connectivity index (χ3n) is 7.51. The molecule has 178 valence electrons. The van der Waals surface area contributed by atoms with Crippen LogP contribution < -0.4 is 5.32 Å². The molecular formula is C26H42N4O2. The Kier molecular flexibility index (Phi) is 8.83. The van der Waals surface area contributed by atoms with Crippen LogP contribution in [0.4, 0.5) is 4.79 Å². The Morgan fingerprint density at radius 2 is 1.69 bits per heavy atom. The molecule has 0 aromatic heterocycles. The minimum atomic E-state index is -0.539. The van der Waals surface area contributed by atoms with Crippen molar-refractivity contribution in [1.29, 1.82) is 0 Å². The summed E-state index contributed by atoms with van der Waals surface area (Å²) in [7, 11) is 0. The third-order valence-corrected chi connectivity index (χ3v) is 7.51. The molecule has 6 heteroatoms. The van der Waals surface area contributed by atoms with E-state index in [1.54, 1.807) is 0 Å². The molecular weight excluding hydrogens is 400 g/mol. The van der Waals surface area contributed by atoms with Gasteiger partial charge in [0.05, 0.1) is 6.10 Å². The number of hydrogen-bond acceptors (Lipinski definition) is 4. The van der Waals surface area contributed by atoms with E-state index < -0.39 is 6.10 Å². The summed E-state index contributed by atoms with van der Waals surface area (Å²) in [6.45, 7) is 6.78. The third kappa shape index (κ3) is 6.69. The number of carbonyl (C=O) groups excluding carboxylic acids is 1. The highest BCUT2D eigenvalue weighted by Gasteiger charge is 2.28. The Morgan fingerprint density at radius 3 is 2.47 bits per heavy atom. The molecule has 2 atom stereocenters. The smallest absolute Gasteiger partial charge is 0.317 e. The highest BCUT2D eigenvalue weighted by Crippen LogP contribution is 2.20. The molecule has 32 heavy (non-hydrogen) atoms. The molecule has 2 saturated heterocycles. The predicted octanol–water partition coefficient (Wildman–Crippen LogP) is 3.24. The Labute approximate surface area is 193 Å². The highest BCUT2D eigenvalue weighted by molar-refractivity contribution is 5.74. The minimum absolute atomic E-state index is 0.0120. The number of piperidine rings is 1. The van der Waals surface area contributed by atoms with Crippen LogP contribution in [0.5, 0.6) is 0 Å². The Morgan fingerprint density at radius 1 is 0.969 bits per heavy atom. The normalized spacial score (nSPS) is 24.7. The number of urea groups is 1. The van der Waals surface area contributed by atoms with Gasteiger partial charge in [-0.25, -0.2) is 4.79 Å². The van der Waals surface area contributed by atoms with E-state index in [2.05, 4.69) is 39.4 Å². The van der Waals surface area contributed by atoms with Crippen molar-refractivity contribution in [1.82, 2.24) is 20.0 Å². The van der Waals surface area contributed by atoms with Crippen molar-refractivity contribution in [3.8, 4) is 0 Å². The number of nitrogens with zero attached hydrogens (tertiary/aromatic N) is 3. The molecule has 0 saturated carbocycles. The zero-order chi connectivity index (χ0) is 22.2. The van der Waals surface area contributed by atoms with Crippen LogP contribution in [0.1, 0.15) is 62.5 Å². The molecule has 3 aliphatic rings. The van der Waals surface area contributed by atoms with Gasteiger partial charge in [0.1, 0.15) is 0 Å². The molecule has 4 rings (SSSR count). The van der Waals surface area contributed by atoms with Crippen molar-refractivity contribution in [3.05, 3.63) is 35.4 Å². The molecule has 0 aliphatic carbocycles. The van der Waals surface area contributed by atoms with E-state index in [1.807, 2.05) is 4.90 Å². The van der Waals surface area contributed by atoms with Crippen LogP contribution in [0.2, 0.25) is 0 Å². The number of fused-ring (bicyclic) bond motifs is 1. The summed E-state index contributed by atoms with van der Waals surface area (Å²) < 4.78 is 0. The van der Waals surface area contributed by atoms with Gasteiger partial charge < -0.3 is 15.3 Å². The summed E-state index contributed by atoms with van der Waals surface area (Å²) in [6, 6.07) is 9.03. The molecule has 3 aliphatic heterocycles. The van der Waals surface area contributed by atoms with Gasteiger partial charge in [-0.15, -0.1) is 0 Å². The topological polar surface area (TPSA) is 59.1 Å². The van der Waals surface area contributed by atoms with Gasteiger partial charge in [-0.2, -0.15) is 0 Å². The summed E-state index contributed by atoms with van der Waals surface area (Å²) in [5.74, 6) is 0. The van der Waals surface area contributed by atoms with Gasteiger partial charge in [0.15, 0.2) is 0 Å². The second-order valence-electron chi connectivity index (χ2n) is 9.99. The van der Waals surface area contributed by atoms with Gasteiger partial charge in [-0.05, 0) is 56.3 Å². The monoisotopic (exact) mass is 442 g/mol. The maximum atomic E-state index is 12.8. The summed E-state index contributed by atoms with van der Waals surface area (Å²) in [5.41, 5.74) is 2.77. The molecule has 2 amide bonds. The molecule has 1 aromatic carbocycles. The summed E-state index contributed by atoms with van der Waals surface area (Å²) in [4.78, 5) is 19.8. The molecule has 0 bridgehead atoms. The average Bonchev–Trinajstić information content (AvgIpc) is 2.97. The fourth-order valence-corrected chi connectivity index (χ4v) is 5.64. The number of rotatable bonds is 5. The number of aliphatic hydroxyl groups is 1. The molecule has 0 spiro atoms. The van der Waals surface area contributed by atoms with E-state index >= 15 is 0 Å². The van der Waals surface area contributed by atoms with Crippen LogP contribution in [0.15, 0.2) is 24.3 Å². The van der Waals surface area contributed by atoms with E-state index in [4.69, 9.17) is 0 Å². The average molecular weight is 443 g/mol. The van der Waals surface area contributed by atoms with Crippen LogP contribution in [0.3, 0.4) is 0 Å². The van der Waals surface area contributed by atoms with E-state index in [1.165, 1.54) is 69.2 Å². The number of β-amino-alcohol motifs (C(OH)–C–C–N with tert-alkyl or cyclic N) is 1. The highest BCUT2D eigenvalue weighted by atomic mass is 16.3. The summed E-state index contributed by atoms with van der Waals surface area (Å²) >= 11 is 0. The van der Waals surface area contributed by atoms with Gasteiger partial charge in [0.25, 0.3) is 0 Å². The number of nitrogens with one attached hydrogen (secondary N) is 1. The lowest BCUT2D eigenvalue weighted by molar-refractivity contribution is 0.0930. The number of carbonyl (C=O) groups is 1. The van der Waals surface area contributed by atoms with Crippen LogP contribution >= 0.6 is 0 Å². The van der Waals surface area contributed by atoms with Crippen molar-refractivity contribution in [2.24, 2.45) is 0 Å². The van der Waals surface area contributed by atoms with Crippen molar-refractivity contribution >= 4 is 6.03 Å². The van der Waals surface area contributed by atoms with E-state index in [-0.39, 0.29) is 6.03 Å². The molecule has 2 fully saturated rings. The fourth-order valence-electron chi connectivity index (χ4n) is 5.64. The van der Waals surface area contributed by atoms with Gasteiger partial charge in [0, 0.05) is 45.3 Å². The molecule has 6 nitrogen and oxygen atoms in total. The van der Waals surface area contributed by atoms with Gasteiger partial charge >= 0.3 is 6.03 Å². The Hall–Kier alpha value is -1.63. The SMILES string of the molecule is O=C(NCC(O)CN1CCc2ccccc2C1)N1CCCC(N2CCCCCCCC2)C1. The number of aliphatic hydroxyl groups excluding tert-OH is 1. The van der Waals surface area contributed by atoms with Crippen molar-refractivity contribution in [2.75, 3.05) is 45.8 Å². The maximum Gasteiger partial charge on any atom is 0.317 e. The predicted molar refractivity (Wildman–Crippen MR) is 129 cm³/mol. The van der Waals surface area contributed by atoms with E-state index in [0.29, 0.717) is 19.1 Å². The minimum Gasteiger partial charge on any atom is -0.390 e. The van der Waals surface area contributed by atoms with Gasteiger partial charge in [0.2, 0.25) is 0 Å². The fraction of sp³-hybridized carbons (Fsp3) is 0.731. The lowest BCUT2D eigenvalue weighted by atomic mass is 10.00. The number of amides is 2. The first kappa shape index (κ1) is 23.5. The first-order valence-corrected chi connectivity index (χ1v) is 12.9. The van der Waals surface area contributed by atoms with Crippen LogP contribution in [-0.4, -0.2) is 83.8 Å². The van der Waals surface area contributed by atoms with E-state index in [9.17, 15) is 9.90 Å². The van der Waals surface area contributed by atoms with Crippen LogP contribution in [-0.2, 0) is 13.0 Å². The first-order valence-electron chi connectivity index (χ1n) is 12.9. The van der Waals surface area contributed by atoms with E-state index in [0.717, 1.165) is 39.0 Å². The lowest BCUT2D eigenvalue weighted by Gasteiger charge is -2.39. The van der Waals surface area contributed by atoms with Gasteiger partial charge in [-0.3, -0.25) is 9.80 Å². The summed E-state index contributed by atoms with van der Waals surface area (Å²) in [6.07, 6.45) is 10.8. The van der Waals surface area contributed by atoms with Crippen LogP contribution in [0, 0.1) is 0 Å². The molecule has 2 unspecified atom stereocenters. The van der Waals surface area contributed by atoms with Crippen molar-refractivity contribution in [3.63, 3.8) is 0 Å². The number of benzene rings is 1. The second kappa shape index (κ2) is 12.0. The van der Waals surface area contributed by atoms with Crippen LogP contribution in [0.25, 0.3) is 0 Å². The molecule has 3 heterocycles. The zero-order valence-electron chi connectivity index (χ0n) is 19.7. The number of likely N-dealkylation sites (tertiary alicyclic amines) is 1. The lowest BCUT2D eigenvalue weighted by Crippen LogP contribution is -2.53. The van der Waals surface area contributed by atoms with Gasteiger partial charge in [-0.1, -0.05) is 49.9 Å². The van der Waals surface area contributed by atoms with Crippen molar-refractivity contribution in [2.45, 2.75) is 76.5 Å². The maximum absolute atomic E-state index is 12.8. The van der Waals surface area contributed by atoms with Crippen molar-refractivity contribution < 1.29 is 9.90 Å². The molecule has 0 radical (unpaired) electrons. The first-order chi connectivity index (χ1) is 15.7. The standard InChI is InChI=1S/C26H42N4O2/c31-25(21-28-17-13-22-10-5-6-11-23(22)19-28)18-27-26(32)30-16-9-12-24(20-30)29-14-7-3-1-2-4-8-15-29/h5-6,10-11,24-25,31H,1-4,7-9,12-21H2,(H,27,32). The molecule has 1 aromatic rings. The Balaban J connectivity index is 1.20. The summed E-state index contributed by atoms with van der Waals surface area (Å²) in [5, 5.41) is 13.6. The second-order valence-corrected chi connectivity index (χ2v) is 9.99. The largest absolute Gasteiger partial charge is 0.390 e. The quantitative estimate of drug-likeness (QED) is 0.735. The molecule has 2 N–H and O–H groups in total. The zero-order valence-corrected chi connectivity index (χ0v) is 19.7. The Bertz CT molecular complexity index is 718. The number of hydrogen-bond donors (Lipinski definition) is 2.